The number of carbonyl (C=O) groups excluding carboxylic acids is 1. The lowest BCUT2D eigenvalue weighted by Crippen LogP contribution is -2.39. The molecule has 0 aromatic heterocycles. The molecule has 5 heteroatoms. The number of nitrogens with zero attached hydrogens (tertiary/aromatic N) is 2. The number of aliphatic imine (C=N–C) groups is 1. The van der Waals surface area contributed by atoms with Crippen LogP contribution in [0.2, 0.25) is 0 Å². The van der Waals surface area contributed by atoms with Crippen molar-refractivity contribution in [2.24, 2.45) is 4.99 Å². The molecule has 1 saturated heterocycles. The van der Waals surface area contributed by atoms with Crippen LogP contribution < -0.4 is 10.6 Å². The lowest BCUT2D eigenvalue weighted by Gasteiger charge is -2.15. The Labute approximate surface area is 151 Å². The molecule has 0 unspecified atom stereocenters. The topological polar surface area (TPSA) is 56.7 Å². The van der Waals surface area contributed by atoms with Crippen molar-refractivity contribution < 1.29 is 4.79 Å². The van der Waals surface area contributed by atoms with Crippen molar-refractivity contribution in [2.75, 3.05) is 32.7 Å². The summed E-state index contributed by atoms with van der Waals surface area (Å²) < 4.78 is 0. The summed E-state index contributed by atoms with van der Waals surface area (Å²) >= 11 is 0. The first-order valence-corrected chi connectivity index (χ1v) is 9.63. The van der Waals surface area contributed by atoms with E-state index in [-0.39, 0.29) is 12.5 Å². The van der Waals surface area contributed by atoms with E-state index in [0.29, 0.717) is 0 Å². The van der Waals surface area contributed by atoms with Gasteiger partial charge in [0.2, 0.25) is 5.91 Å². The smallest absolute Gasteiger partial charge is 0.244 e. The second-order valence-electron chi connectivity index (χ2n) is 6.51. The molecule has 1 aromatic rings. The highest BCUT2D eigenvalue weighted by Gasteiger charge is 2.17. The third-order valence-corrected chi connectivity index (χ3v) is 4.45. The van der Waals surface area contributed by atoms with E-state index in [4.69, 9.17) is 0 Å². The Morgan fingerprint density at radius 1 is 1.08 bits per heavy atom. The molecule has 0 bridgehead atoms. The lowest BCUT2D eigenvalue weighted by atomic mass is 10.1. The summed E-state index contributed by atoms with van der Waals surface area (Å²) in [6.07, 6.45) is 6.88. The minimum absolute atomic E-state index is 0.137. The van der Waals surface area contributed by atoms with Gasteiger partial charge in [-0.1, -0.05) is 36.8 Å². The van der Waals surface area contributed by atoms with E-state index in [1.807, 2.05) is 11.8 Å². The maximum absolute atomic E-state index is 12.1. The van der Waals surface area contributed by atoms with Gasteiger partial charge in [0.05, 0.1) is 0 Å². The molecule has 0 atom stereocenters. The summed E-state index contributed by atoms with van der Waals surface area (Å²) in [7, 11) is 0. The molecule has 0 spiro atoms. The number of benzene rings is 1. The monoisotopic (exact) mass is 344 g/mol. The molecular weight excluding hydrogens is 312 g/mol. The molecular formula is C20H32N4O. The fourth-order valence-electron chi connectivity index (χ4n) is 3.04. The van der Waals surface area contributed by atoms with Crippen LogP contribution in [0.1, 0.15) is 44.6 Å². The van der Waals surface area contributed by atoms with Crippen molar-refractivity contribution >= 4 is 11.9 Å². The van der Waals surface area contributed by atoms with Crippen LogP contribution in [0.3, 0.4) is 0 Å². The highest BCUT2D eigenvalue weighted by atomic mass is 16.2. The van der Waals surface area contributed by atoms with Gasteiger partial charge in [0.25, 0.3) is 0 Å². The van der Waals surface area contributed by atoms with E-state index in [1.54, 1.807) is 0 Å². The van der Waals surface area contributed by atoms with Gasteiger partial charge in [-0.3, -0.25) is 4.79 Å². The lowest BCUT2D eigenvalue weighted by molar-refractivity contribution is -0.128. The number of hydrogen-bond acceptors (Lipinski definition) is 2. The number of carbonyl (C=O) groups is 1. The zero-order chi connectivity index (χ0) is 17.7. The first-order valence-electron chi connectivity index (χ1n) is 9.63. The van der Waals surface area contributed by atoms with Crippen LogP contribution in [-0.4, -0.2) is 49.5 Å². The first-order chi connectivity index (χ1) is 12.3. The van der Waals surface area contributed by atoms with Crippen molar-refractivity contribution in [2.45, 2.75) is 45.4 Å². The minimum Gasteiger partial charge on any atom is -0.357 e. The summed E-state index contributed by atoms with van der Waals surface area (Å²) in [5.74, 6) is 0.885. The fourth-order valence-corrected chi connectivity index (χ4v) is 3.04. The fraction of sp³-hybridized carbons (Fsp3) is 0.600. The number of unbranched alkanes of at least 4 members (excludes halogenated alkanes) is 2. The molecule has 1 amide bonds. The van der Waals surface area contributed by atoms with Crippen molar-refractivity contribution in [1.82, 2.24) is 15.5 Å². The zero-order valence-corrected chi connectivity index (χ0v) is 15.5. The van der Waals surface area contributed by atoms with Gasteiger partial charge in [-0.2, -0.15) is 0 Å². The van der Waals surface area contributed by atoms with Crippen molar-refractivity contribution in [3.8, 4) is 0 Å². The molecule has 1 heterocycles. The van der Waals surface area contributed by atoms with Crippen LogP contribution in [0.4, 0.5) is 0 Å². The van der Waals surface area contributed by atoms with Gasteiger partial charge in [0, 0.05) is 26.2 Å². The maximum Gasteiger partial charge on any atom is 0.244 e. The Balaban J connectivity index is 1.61. The number of aryl methyl sites for hydroxylation is 1. The predicted octanol–water partition coefficient (Wildman–Crippen LogP) is 2.58. The Morgan fingerprint density at radius 2 is 1.84 bits per heavy atom. The number of hydrogen-bond donors (Lipinski definition) is 2. The van der Waals surface area contributed by atoms with Crippen LogP contribution in [0.5, 0.6) is 0 Å². The molecule has 1 aromatic carbocycles. The summed E-state index contributed by atoms with van der Waals surface area (Å²) in [4.78, 5) is 18.4. The third kappa shape index (κ3) is 7.59. The highest BCUT2D eigenvalue weighted by molar-refractivity contribution is 5.85. The standard InChI is InChI=1S/C20H32N4O/c1-2-21-20(23-17-19(25)24-15-9-10-16-24)22-14-8-4-7-13-18-11-5-3-6-12-18/h3,5-6,11-12H,2,4,7-10,13-17H2,1H3,(H2,21,22,23). The van der Waals surface area contributed by atoms with Crippen molar-refractivity contribution in [3.63, 3.8) is 0 Å². The van der Waals surface area contributed by atoms with Crippen LogP contribution in [0.25, 0.3) is 0 Å². The average molecular weight is 345 g/mol. The summed E-state index contributed by atoms with van der Waals surface area (Å²) in [6.45, 7) is 5.75. The van der Waals surface area contributed by atoms with E-state index < -0.39 is 0 Å². The second-order valence-corrected chi connectivity index (χ2v) is 6.51. The summed E-state index contributed by atoms with van der Waals surface area (Å²) in [6, 6.07) is 10.6. The number of nitrogens with one attached hydrogen (secondary N) is 2. The van der Waals surface area contributed by atoms with Gasteiger partial charge in [-0.25, -0.2) is 4.99 Å². The molecule has 0 saturated carbocycles. The predicted molar refractivity (Wildman–Crippen MR) is 104 cm³/mol. The molecule has 5 nitrogen and oxygen atoms in total. The Kier molecular flexibility index (Phi) is 8.87. The number of likely N-dealkylation sites (tertiary alicyclic amines) is 1. The van der Waals surface area contributed by atoms with Gasteiger partial charge in [0.15, 0.2) is 5.96 Å². The Morgan fingerprint density at radius 3 is 2.56 bits per heavy atom. The first kappa shape index (κ1) is 19.3. The SMILES string of the molecule is CCNC(=NCC(=O)N1CCCC1)NCCCCCc1ccccc1. The van der Waals surface area contributed by atoms with Crippen LogP contribution in [0.15, 0.2) is 35.3 Å². The number of amides is 1. The quantitative estimate of drug-likeness (QED) is 0.411. The molecule has 0 radical (unpaired) electrons. The van der Waals surface area contributed by atoms with E-state index in [9.17, 15) is 4.79 Å². The van der Waals surface area contributed by atoms with Crippen LogP contribution >= 0.6 is 0 Å². The Bertz CT molecular complexity index is 524. The molecule has 1 aliphatic heterocycles. The number of rotatable bonds is 9. The van der Waals surface area contributed by atoms with E-state index in [0.717, 1.165) is 57.8 Å². The average Bonchev–Trinajstić information content (AvgIpc) is 3.18. The molecule has 2 rings (SSSR count). The Hall–Kier alpha value is -2.04. The summed E-state index contributed by atoms with van der Waals surface area (Å²) in [5.41, 5.74) is 1.41. The van der Waals surface area contributed by atoms with Crippen molar-refractivity contribution in [3.05, 3.63) is 35.9 Å². The summed E-state index contributed by atoms with van der Waals surface area (Å²) in [5, 5.41) is 6.55. The van der Waals surface area contributed by atoms with Gasteiger partial charge >= 0.3 is 0 Å². The normalized spacial score (nSPS) is 14.6. The maximum atomic E-state index is 12.1. The van der Waals surface area contributed by atoms with Crippen LogP contribution in [0, 0.1) is 0 Å². The second kappa shape index (κ2) is 11.5. The molecule has 1 aliphatic rings. The highest BCUT2D eigenvalue weighted by Crippen LogP contribution is 2.07. The van der Waals surface area contributed by atoms with Crippen molar-refractivity contribution in [1.29, 1.82) is 0 Å². The number of guanidine groups is 1. The molecule has 0 aliphatic carbocycles. The molecule has 138 valence electrons. The van der Waals surface area contributed by atoms with E-state index in [1.165, 1.54) is 18.4 Å². The molecule has 25 heavy (non-hydrogen) atoms. The van der Waals surface area contributed by atoms with Gasteiger partial charge in [-0.15, -0.1) is 0 Å². The minimum atomic E-state index is 0.137. The van der Waals surface area contributed by atoms with E-state index in [2.05, 4.69) is 46.0 Å². The third-order valence-electron chi connectivity index (χ3n) is 4.45. The van der Waals surface area contributed by atoms with Gasteiger partial charge in [-0.05, 0) is 44.6 Å². The molecule has 1 fully saturated rings. The zero-order valence-electron chi connectivity index (χ0n) is 15.5. The molecule has 2 N–H and O–H groups in total. The van der Waals surface area contributed by atoms with Gasteiger partial charge in [0.1, 0.15) is 6.54 Å². The largest absolute Gasteiger partial charge is 0.357 e. The van der Waals surface area contributed by atoms with Crippen LogP contribution in [-0.2, 0) is 11.2 Å². The van der Waals surface area contributed by atoms with E-state index >= 15 is 0 Å². The van der Waals surface area contributed by atoms with Gasteiger partial charge < -0.3 is 15.5 Å².